The van der Waals surface area contributed by atoms with E-state index in [1.807, 2.05) is 11.9 Å². The first kappa shape index (κ1) is 10.9. The van der Waals surface area contributed by atoms with Gasteiger partial charge in [-0.05, 0) is 26.9 Å². The number of ether oxygens (including phenoxy) is 1. The van der Waals surface area contributed by atoms with E-state index in [1.54, 1.807) is 7.11 Å². The Hall–Kier alpha value is -0.220. The first-order valence-electron chi connectivity index (χ1n) is 4.54. The van der Waals surface area contributed by atoms with Gasteiger partial charge in [0.05, 0.1) is 6.61 Å². The van der Waals surface area contributed by atoms with Crippen LogP contribution < -0.4 is 0 Å². The minimum absolute atomic E-state index is 0.134. The summed E-state index contributed by atoms with van der Waals surface area (Å²) in [7, 11) is 3.42. The lowest BCUT2D eigenvalue weighted by Gasteiger charge is -2.27. The van der Waals surface area contributed by atoms with Crippen molar-refractivity contribution in [2.75, 3.05) is 27.3 Å². The average Bonchev–Trinajstić information content (AvgIpc) is 2.32. The summed E-state index contributed by atoms with van der Waals surface area (Å²) in [6.45, 7) is 2.13. The van der Waals surface area contributed by atoms with Crippen LogP contribution in [0.5, 0.6) is 0 Å². The molecule has 0 spiro atoms. The molecule has 2 nitrogen and oxygen atoms in total. The molecule has 0 unspecified atom stereocenters. The van der Waals surface area contributed by atoms with Crippen molar-refractivity contribution in [2.45, 2.75) is 25.3 Å². The van der Waals surface area contributed by atoms with Crippen molar-refractivity contribution in [2.24, 2.45) is 5.92 Å². The molecule has 1 heterocycles. The number of nitrogens with zero attached hydrogens (tertiary/aromatic N) is 1. The number of halogens is 2. The minimum Gasteiger partial charge on any atom is -0.383 e. The Morgan fingerprint density at radius 3 is 2.62 bits per heavy atom. The van der Waals surface area contributed by atoms with Gasteiger partial charge in [-0.3, -0.25) is 0 Å². The molecule has 1 aliphatic heterocycles. The van der Waals surface area contributed by atoms with Crippen molar-refractivity contribution in [1.29, 1.82) is 0 Å². The van der Waals surface area contributed by atoms with Crippen molar-refractivity contribution < 1.29 is 13.5 Å². The molecule has 1 rings (SSSR count). The van der Waals surface area contributed by atoms with E-state index in [0.717, 1.165) is 13.5 Å². The van der Waals surface area contributed by atoms with Gasteiger partial charge in [-0.2, -0.15) is 0 Å². The zero-order chi connectivity index (χ0) is 10.1. The lowest BCUT2D eigenvalue weighted by Crippen LogP contribution is -2.40. The number of methoxy groups -OCH3 is 1. The fourth-order valence-corrected chi connectivity index (χ4v) is 2.01. The van der Waals surface area contributed by atoms with Crippen LogP contribution in [0, 0.1) is 5.92 Å². The lowest BCUT2D eigenvalue weighted by molar-refractivity contribution is -0.0610. The highest BCUT2D eigenvalue weighted by Gasteiger charge is 2.45. The van der Waals surface area contributed by atoms with Crippen LogP contribution in [0.3, 0.4) is 0 Å². The second-order valence-electron chi connectivity index (χ2n) is 3.85. The third-order valence-corrected chi connectivity index (χ3v) is 2.81. The van der Waals surface area contributed by atoms with Gasteiger partial charge in [0, 0.05) is 19.1 Å². The van der Waals surface area contributed by atoms with E-state index in [1.165, 1.54) is 0 Å². The summed E-state index contributed by atoms with van der Waals surface area (Å²) in [5.41, 5.74) is 0. The van der Waals surface area contributed by atoms with Gasteiger partial charge in [0.15, 0.2) is 0 Å². The molecule has 2 atom stereocenters. The SMILES string of the molecule is COC[C@@H]1[C@@H](C(C)(F)F)CCN1C. The first-order valence-corrected chi connectivity index (χ1v) is 4.54. The van der Waals surface area contributed by atoms with Gasteiger partial charge in [-0.25, -0.2) is 8.78 Å². The minimum atomic E-state index is -2.59. The van der Waals surface area contributed by atoms with E-state index in [2.05, 4.69) is 0 Å². The number of likely N-dealkylation sites (N-methyl/N-ethyl adjacent to an activating group) is 1. The van der Waals surface area contributed by atoms with Crippen LogP contribution in [-0.2, 0) is 4.74 Å². The van der Waals surface area contributed by atoms with Gasteiger partial charge < -0.3 is 9.64 Å². The zero-order valence-electron chi connectivity index (χ0n) is 8.39. The smallest absolute Gasteiger partial charge is 0.249 e. The molecule has 0 aliphatic carbocycles. The standard InChI is InChI=1S/C9H17F2NO/c1-9(10,11)7-4-5-12(2)8(7)6-13-3/h7-8H,4-6H2,1-3H3/t7-,8+/m0/s1. The molecule has 78 valence electrons. The number of hydrogen-bond acceptors (Lipinski definition) is 2. The molecule has 0 N–H and O–H groups in total. The Balaban J connectivity index is 2.64. The summed E-state index contributed by atoms with van der Waals surface area (Å²) in [6, 6.07) is -0.134. The molecule has 0 aromatic heterocycles. The molecule has 0 bridgehead atoms. The predicted octanol–water partition coefficient (Wildman–Crippen LogP) is 1.61. The van der Waals surface area contributed by atoms with Gasteiger partial charge in [-0.1, -0.05) is 0 Å². The van der Waals surface area contributed by atoms with E-state index in [4.69, 9.17) is 4.74 Å². The van der Waals surface area contributed by atoms with Gasteiger partial charge >= 0.3 is 0 Å². The van der Waals surface area contributed by atoms with Crippen molar-refractivity contribution >= 4 is 0 Å². The molecular weight excluding hydrogens is 176 g/mol. The van der Waals surface area contributed by atoms with Crippen molar-refractivity contribution in [3.8, 4) is 0 Å². The molecule has 4 heteroatoms. The molecular formula is C9H17F2NO. The van der Waals surface area contributed by atoms with E-state index >= 15 is 0 Å². The summed E-state index contributed by atoms with van der Waals surface area (Å²) in [4.78, 5) is 1.95. The molecule has 0 aromatic rings. The van der Waals surface area contributed by atoms with Crippen molar-refractivity contribution in [3.05, 3.63) is 0 Å². The summed E-state index contributed by atoms with van der Waals surface area (Å²) in [5.74, 6) is -3.15. The van der Waals surface area contributed by atoms with Gasteiger partial charge in [-0.15, -0.1) is 0 Å². The third-order valence-electron chi connectivity index (χ3n) is 2.81. The van der Waals surface area contributed by atoms with E-state index in [-0.39, 0.29) is 6.04 Å². The van der Waals surface area contributed by atoms with Crippen LogP contribution in [0.2, 0.25) is 0 Å². The highest BCUT2D eigenvalue weighted by Crippen LogP contribution is 2.36. The van der Waals surface area contributed by atoms with Crippen LogP contribution in [-0.4, -0.2) is 44.2 Å². The quantitative estimate of drug-likeness (QED) is 0.675. The highest BCUT2D eigenvalue weighted by molar-refractivity contribution is 4.91. The lowest BCUT2D eigenvalue weighted by atomic mass is 9.94. The second kappa shape index (κ2) is 3.88. The first-order chi connectivity index (χ1) is 5.96. The van der Waals surface area contributed by atoms with E-state index in [9.17, 15) is 8.78 Å². The maximum absolute atomic E-state index is 13.1. The molecule has 0 radical (unpaired) electrons. The van der Waals surface area contributed by atoms with Crippen LogP contribution in [0.1, 0.15) is 13.3 Å². The number of likely N-dealkylation sites (tertiary alicyclic amines) is 1. The molecule has 1 saturated heterocycles. The molecule has 0 aromatic carbocycles. The Bertz CT molecular complexity index is 169. The molecule has 1 fully saturated rings. The van der Waals surface area contributed by atoms with Gasteiger partial charge in [0.25, 0.3) is 0 Å². The normalized spacial score (nSPS) is 31.2. The molecule has 0 amide bonds. The zero-order valence-corrected chi connectivity index (χ0v) is 8.39. The van der Waals surface area contributed by atoms with Crippen LogP contribution in [0.4, 0.5) is 8.78 Å². The number of alkyl halides is 2. The van der Waals surface area contributed by atoms with Crippen molar-refractivity contribution in [3.63, 3.8) is 0 Å². The van der Waals surface area contributed by atoms with E-state index in [0.29, 0.717) is 13.0 Å². The highest BCUT2D eigenvalue weighted by atomic mass is 19.3. The Morgan fingerprint density at radius 1 is 1.54 bits per heavy atom. The van der Waals surface area contributed by atoms with E-state index < -0.39 is 11.8 Å². The monoisotopic (exact) mass is 193 g/mol. The van der Waals surface area contributed by atoms with Crippen molar-refractivity contribution in [1.82, 2.24) is 4.90 Å². The fraction of sp³-hybridized carbons (Fsp3) is 1.00. The topological polar surface area (TPSA) is 12.5 Å². The third kappa shape index (κ3) is 2.38. The number of rotatable bonds is 3. The molecule has 1 aliphatic rings. The second-order valence-corrected chi connectivity index (χ2v) is 3.85. The summed E-state index contributed by atoms with van der Waals surface area (Å²) < 4.78 is 31.1. The van der Waals surface area contributed by atoms with Crippen LogP contribution in [0.15, 0.2) is 0 Å². The molecule has 13 heavy (non-hydrogen) atoms. The molecule has 0 saturated carbocycles. The predicted molar refractivity (Wildman–Crippen MR) is 47.0 cm³/mol. The summed E-state index contributed by atoms with van der Waals surface area (Å²) in [6.07, 6.45) is 0.564. The Labute approximate surface area is 77.9 Å². The average molecular weight is 193 g/mol. The van der Waals surface area contributed by atoms with Crippen LogP contribution in [0.25, 0.3) is 0 Å². The van der Waals surface area contributed by atoms with Gasteiger partial charge in [0.2, 0.25) is 5.92 Å². The number of hydrogen-bond donors (Lipinski definition) is 0. The largest absolute Gasteiger partial charge is 0.383 e. The summed E-state index contributed by atoms with van der Waals surface area (Å²) >= 11 is 0. The fourth-order valence-electron chi connectivity index (χ4n) is 2.01. The van der Waals surface area contributed by atoms with Crippen LogP contribution >= 0.6 is 0 Å². The maximum atomic E-state index is 13.1. The maximum Gasteiger partial charge on any atom is 0.249 e. The van der Waals surface area contributed by atoms with Gasteiger partial charge in [0.1, 0.15) is 0 Å². The Kier molecular flexibility index (Phi) is 3.24. The summed E-state index contributed by atoms with van der Waals surface area (Å²) in [5, 5.41) is 0. The Morgan fingerprint density at radius 2 is 2.15 bits per heavy atom.